The quantitative estimate of drug-likeness (QED) is 0.345. The molecule has 182 valence electrons. The van der Waals surface area contributed by atoms with Gasteiger partial charge in [-0.1, -0.05) is 0 Å². The number of nitro groups is 1. The Hall–Kier alpha value is -3.12. The first kappa shape index (κ1) is 24.0. The van der Waals surface area contributed by atoms with E-state index in [4.69, 9.17) is 16.3 Å². The average Bonchev–Trinajstić information content (AvgIpc) is 3.45. The van der Waals surface area contributed by atoms with Crippen molar-refractivity contribution in [3.05, 3.63) is 46.3 Å². The number of hydrogen-bond acceptors (Lipinski definition) is 8. The Morgan fingerprint density at radius 2 is 2.00 bits per heavy atom. The molecule has 2 atom stereocenters. The average molecular weight is 512 g/mol. The van der Waals surface area contributed by atoms with Crippen LogP contribution in [0.15, 0.2) is 30.3 Å². The molecule has 1 N–H and O–H groups in total. The van der Waals surface area contributed by atoms with E-state index < -0.39 is 28.3 Å². The number of rotatable bonds is 7. The molecule has 10 nitrogen and oxygen atoms in total. The number of cyclic esters (lactones) is 1. The topological polar surface area (TPSA) is 108 Å². The highest BCUT2D eigenvalue weighted by Gasteiger charge is 2.33. The van der Waals surface area contributed by atoms with Crippen LogP contribution in [0.5, 0.6) is 0 Å². The molecule has 4 rings (SSSR count). The summed E-state index contributed by atoms with van der Waals surface area (Å²) in [5, 5.41) is 13.7. The van der Waals surface area contributed by atoms with Gasteiger partial charge in [-0.3, -0.25) is 19.8 Å². The van der Waals surface area contributed by atoms with Crippen LogP contribution in [0, 0.1) is 15.9 Å². The monoisotopic (exact) mass is 511 g/mol. The maximum Gasteiger partial charge on any atom is 0.414 e. The molecule has 2 saturated heterocycles. The molecule has 1 aromatic heterocycles. The molecule has 2 aliphatic rings. The normalized spacial score (nSPS) is 19.2. The lowest BCUT2D eigenvalue weighted by molar-refractivity contribution is -0.380. The summed E-state index contributed by atoms with van der Waals surface area (Å²) in [5.74, 6) is -0.817. The highest BCUT2D eigenvalue weighted by atomic mass is 35.5. The molecule has 34 heavy (non-hydrogen) atoms. The lowest BCUT2D eigenvalue weighted by Gasteiger charge is -2.36. The Kier molecular flexibility index (Phi) is 7.08. The molecule has 3 heterocycles. The summed E-state index contributed by atoms with van der Waals surface area (Å²) in [4.78, 5) is 39.7. The summed E-state index contributed by atoms with van der Waals surface area (Å²) >= 11 is 6.84. The summed E-state index contributed by atoms with van der Waals surface area (Å²) in [7, 11) is 0. The molecule has 0 bridgehead atoms. The van der Waals surface area contributed by atoms with Crippen LogP contribution in [0.4, 0.5) is 30.6 Å². The molecule has 2 amide bonds. The van der Waals surface area contributed by atoms with Gasteiger partial charge in [0.2, 0.25) is 5.91 Å². The Labute approximate surface area is 204 Å². The fraction of sp³-hybridized carbons (Fsp3) is 0.429. The van der Waals surface area contributed by atoms with Gasteiger partial charge in [0.05, 0.1) is 34.4 Å². The number of ether oxygens (including phenoxy) is 1. The van der Waals surface area contributed by atoms with Crippen molar-refractivity contribution in [2.75, 3.05) is 54.0 Å². The molecule has 0 saturated carbocycles. The van der Waals surface area contributed by atoms with Crippen LogP contribution < -0.4 is 20.0 Å². The molecule has 1 aromatic carbocycles. The predicted octanol–water partition coefficient (Wildman–Crippen LogP) is 3.19. The molecule has 1 unspecified atom stereocenters. The number of nitrogens with zero attached hydrogens (tertiary/aromatic N) is 4. The van der Waals surface area contributed by atoms with Gasteiger partial charge in [-0.2, -0.15) is 0 Å². The summed E-state index contributed by atoms with van der Waals surface area (Å²) < 4.78 is 20.3. The van der Waals surface area contributed by atoms with E-state index in [9.17, 15) is 24.1 Å². The lowest BCUT2D eigenvalue weighted by atomic mass is 10.2. The molecular weight excluding hydrogens is 489 g/mol. The van der Waals surface area contributed by atoms with Crippen LogP contribution in [-0.2, 0) is 9.53 Å². The SMILES string of the molecule is CC(Cl)C(=O)NC[C@H]1CN(c2ccc(N3CCN(c4ccc([N+](=O)[O-])s4)CC3)c(F)c2)C(=O)O1. The number of carbonyl (C=O) groups is 2. The molecule has 0 spiro atoms. The van der Waals surface area contributed by atoms with E-state index in [0.29, 0.717) is 37.6 Å². The summed E-state index contributed by atoms with van der Waals surface area (Å²) in [6.07, 6.45) is -1.17. The zero-order valence-electron chi connectivity index (χ0n) is 18.3. The van der Waals surface area contributed by atoms with Crippen molar-refractivity contribution in [2.24, 2.45) is 0 Å². The van der Waals surface area contributed by atoms with Crippen molar-refractivity contribution >= 4 is 56.3 Å². The standard InChI is InChI=1S/C21H23ClFN5O5S/c1-13(22)20(29)24-11-15-12-27(21(30)33-15)14-2-3-17(16(23)10-14)25-6-8-26(9-7-25)18-4-5-19(34-18)28(31)32/h2-5,10,13,15H,6-9,11-12H2,1H3,(H,24,29)/t13?,15-/m0/s1. The van der Waals surface area contributed by atoms with E-state index in [2.05, 4.69) is 5.32 Å². The number of alkyl halides is 1. The minimum atomic E-state index is -0.694. The van der Waals surface area contributed by atoms with Crippen LogP contribution in [0.25, 0.3) is 0 Å². The highest BCUT2D eigenvalue weighted by Crippen LogP contribution is 2.33. The lowest BCUT2D eigenvalue weighted by Crippen LogP contribution is -2.46. The zero-order chi connectivity index (χ0) is 24.4. The van der Waals surface area contributed by atoms with Crippen molar-refractivity contribution in [1.29, 1.82) is 0 Å². The van der Waals surface area contributed by atoms with Gasteiger partial charge in [0, 0.05) is 32.2 Å². The number of halogens is 2. The van der Waals surface area contributed by atoms with Gasteiger partial charge in [-0.05, 0) is 42.5 Å². The number of amides is 2. The second-order valence-corrected chi connectivity index (χ2v) is 9.65. The summed E-state index contributed by atoms with van der Waals surface area (Å²) in [5.41, 5.74) is 0.795. The van der Waals surface area contributed by atoms with Crippen LogP contribution in [-0.4, -0.2) is 67.7 Å². The summed E-state index contributed by atoms with van der Waals surface area (Å²) in [6.45, 7) is 4.15. The fourth-order valence-corrected chi connectivity index (χ4v) is 4.82. The molecule has 2 fully saturated rings. The molecule has 0 radical (unpaired) electrons. The van der Waals surface area contributed by atoms with Crippen molar-refractivity contribution in [1.82, 2.24) is 5.32 Å². The van der Waals surface area contributed by atoms with E-state index in [1.165, 1.54) is 17.0 Å². The second-order valence-electron chi connectivity index (χ2n) is 7.96. The summed E-state index contributed by atoms with van der Waals surface area (Å²) in [6, 6.07) is 7.82. The highest BCUT2D eigenvalue weighted by molar-refractivity contribution is 7.19. The molecule has 13 heteroatoms. The second kappa shape index (κ2) is 10.0. The Balaban J connectivity index is 1.35. The van der Waals surface area contributed by atoms with Gasteiger partial charge >= 0.3 is 11.1 Å². The van der Waals surface area contributed by atoms with E-state index in [1.807, 2.05) is 9.80 Å². The van der Waals surface area contributed by atoms with Crippen molar-refractivity contribution in [2.45, 2.75) is 18.4 Å². The van der Waals surface area contributed by atoms with E-state index in [0.717, 1.165) is 16.3 Å². The first-order valence-corrected chi connectivity index (χ1v) is 11.9. The smallest absolute Gasteiger partial charge is 0.414 e. The third kappa shape index (κ3) is 5.17. The predicted molar refractivity (Wildman–Crippen MR) is 128 cm³/mol. The van der Waals surface area contributed by atoms with E-state index in [1.54, 1.807) is 25.1 Å². The first-order chi connectivity index (χ1) is 16.2. The van der Waals surface area contributed by atoms with E-state index >= 15 is 0 Å². The van der Waals surface area contributed by atoms with Gasteiger partial charge in [0.25, 0.3) is 0 Å². The van der Waals surface area contributed by atoms with Crippen molar-refractivity contribution in [3.8, 4) is 0 Å². The van der Waals surface area contributed by atoms with Gasteiger partial charge in [0.1, 0.15) is 17.3 Å². The number of thiophene rings is 1. The number of nitrogens with one attached hydrogen (secondary N) is 1. The molecule has 2 aromatic rings. The minimum Gasteiger partial charge on any atom is -0.442 e. The van der Waals surface area contributed by atoms with Crippen LogP contribution in [0.2, 0.25) is 0 Å². The molecule has 2 aliphatic heterocycles. The van der Waals surface area contributed by atoms with Crippen LogP contribution >= 0.6 is 22.9 Å². The molecule has 0 aliphatic carbocycles. The number of hydrogen-bond donors (Lipinski definition) is 1. The number of benzene rings is 1. The van der Waals surface area contributed by atoms with Gasteiger partial charge in [-0.25, -0.2) is 9.18 Å². The third-order valence-corrected chi connectivity index (χ3v) is 6.97. The minimum absolute atomic E-state index is 0.0951. The van der Waals surface area contributed by atoms with E-state index in [-0.39, 0.29) is 24.0 Å². The number of piperazine rings is 1. The Morgan fingerprint density at radius 1 is 1.29 bits per heavy atom. The van der Waals surface area contributed by atoms with Crippen LogP contribution in [0.1, 0.15) is 6.92 Å². The zero-order valence-corrected chi connectivity index (χ0v) is 19.9. The number of anilines is 3. The fourth-order valence-electron chi connectivity index (χ4n) is 3.87. The Morgan fingerprint density at radius 3 is 2.62 bits per heavy atom. The maximum atomic E-state index is 15.0. The third-order valence-electron chi connectivity index (χ3n) is 5.67. The number of carbonyl (C=O) groups excluding carboxylic acids is 2. The first-order valence-electron chi connectivity index (χ1n) is 10.7. The maximum absolute atomic E-state index is 15.0. The van der Waals surface area contributed by atoms with Crippen molar-refractivity contribution in [3.63, 3.8) is 0 Å². The Bertz CT molecular complexity index is 1090. The molecular formula is C21H23ClFN5O5S. The van der Waals surface area contributed by atoms with Gasteiger partial charge in [-0.15, -0.1) is 11.6 Å². The van der Waals surface area contributed by atoms with Crippen molar-refractivity contribution < 1.29 is 23.6 Å². The van der Waals surface area contributed by atoms with Crippen LogP contribution in [0.3, 0.4) is 0 Å². The van der Waals surface area contributed by atoms with Gasteiger partial charge in [0.15, 0.2) is 0 Å². The van der Waals surface area contributed by atoms with Gasteiger partial charge < -0.3 is 19.9 Å². The largest absolute Gasteiger partial charge is 0.442 e.